The summed E-state index contributed by atoms with van der Waals surface area (Å²) in [6, 6.07) is 12.3. The first kappa shape index (κ1) is 18.6. The van der Waals surface area contributed by atoms with Crippen molar-refractivity contribution in [2.75, 3.05) is 17.2 Å². The molecule has 27 heavy (non-hydrogen) atoms. The number of nitrogens with one attached hydrogen (secondary N) is 3. The van der Waals surface area contributed by atoms with Gasteiger partial charge in [-0.25, -0.2) is 0 Å². The van der Waals surface area contributed by atoms with E-state index in [0.29, 0.717) is 16.9 Å². The highest BCUT2D eigenvalue weighted by molar-refractivity contribution is 5.99. The average molecular weight is 365 g/mol. The van der Waals surface area contributed by atoms with E-state index in [9.17, 15) is 14.4 Å². The molecule has 2 aromatic carbocycles. The normalized spacial score (nSPS) is 13.0. The summed E-state index contributed by atoms with van der Waals surface area (Å²) in [6.45, 7) is 3.80. The molecule has 3 rings (SSSR count). The van der Waals surface area contributed by atoms with Gasteiger partial charge in [0.2, 0.25) is 11.8 Å². The van der Waals surface area contributed by atoms with Crippen molar-refractivity contribution in [1.29, 1.82) is 0 Å². The second-order valence-electron chi connectivity index (χ2n) is 6.87. The lowest BCUT2D eigenvalue weighted by Crippen LogP contribution is -2.32. The van der Waals surface area contributed by atoms with Gasteiger partial charge in [0, 0.05) is 22.9 Å². The Balaban J connectivity index is 1.47. The van der Waals surface area contributed by atoms with Crippen LogP contribution < -0.4 is 16.0 Å². The first-order valence-electron chi connectivity index (χ1n) is 8.98. The largest absolute Gasteiger partial charge is 0.343 e. The van der Waals surface area contributed by atoms with E-state index < -0.39 is 0 Å². The van der Waals surface area contributed by atoms with E-state index in [1.54, 1.807) is 36.4 Å². The smallest absolute Gasteiger partial charge is 0.251 e. The Bertz CT molecular complexity index is 871. The number of aryl methyl sites for hydroxylation is 2. The van der Waals surface area contributed by atoms with E-state index in [4.69, 9.17) is 0 Å². The average Bonchev–Trinajstić information content (AvgIpc) is 3.49. The molecule has 2 aromatic rings. The standard InChI is InChI=1S/C21H23N3O3/c1-13-3-4-16(11-14(13)2)20(26)22-12-19(25)23-17-7-9-18(10-8-17)24-21(27)15-5-6-15/h3-4,7-11,15H,5-6,12H2,1-2H3,(H,22,26)(H,23,25)(H,24,27). The zero-order valence-corrected chi connectivity index (χ0v) is 15.5. The second kappa shape index (κ2) is 8.03. The van der Waals surface area contributed by atoms with Crippen molar-refractivity contribution in [1.82, 2.24) is 5.32 Å². The van der Waals surface area contributed by atoms with Crippen LogP contribution in [0.4, 0.5) is 11.4 Å². The minimum atomic E-state index is -0.318. The van der Waals surface area contributed by atoms with Gasteiger partial charge < -0.3 is 16.0 Å². The molecule has 0 radical (unpaired) electrons. The molecule has 0 spiro atoms. The van der Waals surface area contributed by atoms with E-state index >= 15 is 0 Å². The Kier molecular flexibility index (Phi) is 5.54. The quantitative estimate of drug-likeness (QED) is 0.735. The lowest BCUT2D eigenvalue weighted by Gasteiger charge is -2.09. The van der Waals surface area contributed by atoms with Gasteiger partial charge in [-0.2, -0.15) is 0 Å². The Morgan fingerprint density at radius 2 is 1.52 bits per heavy atom. The van der Waals surface area contributed by atoms with Gasteiger partial charge in [0.25, 0.3) is 5.91 Å². The number of rotatable bonds is 6. The Labute approximate surface area is 158 Å². The zero-order valence-electron chi connectivity index (χ0n) is 15.5. The molecule has 1 fully saturated rings. The van der Waals surface area contributed by atoms with Gasteiger partial charge in [0.05, 0.1) is 6.54 Å². The molecule has 1 saturated carbocycles. The molecule has 0 aliphatic heterocycles. The Morgan fingerprint density at radius 1 is 0.889 bits per heavy atom. The molecular formula is C21H23N3O3. The first-order valence-corrected chi connectivity index (χ1v) is 8.98. The molecular weight excluding hydrogens is 342 g/mol. The highest BCUT2D eigenvalue weighted by Gasteiger charge is 2.29. The number of carbonyl (C=O) groups is 3. The summed E-state index contributed by atoms with van der Waals surface area (Å²) in [5.74, 6) is -0.417. The summed E-state index contributed by atoms with van der Waals surface area (Å²) in [6.07, 6.45) is 1.90. The van der Waals surface area contributed by atoms with Crippen LogP contribution in [0.2, 0.25) is 0 Å². The van der Waals surface area contributed by atoms with Gasteiger partial charge in [-0.05, 0) is 74.2 Å². The van der Waals surface area contributed by atoms with Crippen molar-refractivity contribution in [3.8, 4) is 0 Å². The maximum Gasteiger partial charge on any atom is 0.251 e. The Hall–Kier alpha value is -3.15. The molecule has 140 valence electrons. The third kappa shape index (κ3) is 5.17. The number of benzene rings is 2. The summed E-state index contributed by atoms with van der Waals surface area (Å²) in [7, 11) is 0. The van der Waals surface area contributed by atoms with Crippen LogP contribution in [-0.4, -0.2) is 24.3 Å². The minimum Gasteiger partial charge on any atom is -0.343 e. The van der Waals surface area contributed by atoms with Crippen LogP contribution in [0.15, 0.2) is 42.5 Å². The molecule has 6 nitrogen and oxygen atoms in total. The molecule has 0 heterocycles. The summed E-state index contributed by atoms with van der Waals surface area (Å²) >= 11 is 0. The van der Waals surface area contributed by atoms with Gasteiger partial charge in [0.15, 0.2) is 0 Å². The predicted molar refractivity (Wildman–Crippen MR) is 105 cm³/mol. The predicted octanol–water partition coefficient (Wildman–Crippen LogP) is 3.02. The number of hydrogen-bond acceptors (Lipinski definition) is 3. The third-order valence-electron chi connectivity index (χ3n) is 4.56. The third-order valence-corrected chi connectivity index (χ3v) is 4.56. The molecule has 3 N–H and O–H groups in total. The van der Waals surface area contributed by atoms with Gasteiger partial charge in [-0.3, -0.25) is 14.4 Å². The van der Waals surface area contributed by atoms with Crippen LogP contribution in [-0.2, 0) is 9.59 Å². The van der Waals surface area contributed by atoms with Crippen LogP contribution in [0.1, 0.15) is 34.3 Å². The fourth-order valence-electron chi connectivity index (χ4n) is 2.58. The van der Waals surface area contributed by atoms with Gasteiger partial charge in [0.1, 0.15) is 0 Å². The number of carbonyl (C=O) groups excluding carboxylic acids is 3. The molecule has 0 atom stereocenters. The topological polar surface area (TPSA) is 87.3 Å². The van der Waals surface area contributed by atoms with Crippen molar-refractivity contribution in [3.05, 3.63) is 59.2 Å². The molecule has 0 unspecified atom stereocenters. The number of hydrogen-bond donors (Lipinski definition) is 3. The van der Waals surface area contributed by atoms with Crippen molar-refractivity contribution >= 4 is 29.1 Å². The summed E-state index contributed by atoms with van der Waals surface area (Å²) in [4.78, 5) is 35.9. The first-order chi connectivity index (χ1) is 12.9. The summed E-state index contributed by atoms with van der Waals surface area (Å²) in [5.41, 5.74) is 3.97. The highest BCUT2D eigenvalue weighted by atomic mass is 16.2. The fraction of sp³-hybridized carbons (Fsp3) is 0.286. The van der Waals surface area contributed by atoms with Crippen molar-refractivity contribution in [3.63, 3.8) is 0 Å². The minimum absolute atomic E-state index is 0.0424. The highest BCUT2D eigenvalue weighted by Crippen LogP contribution is 2.30. The molecule has 6 heteroatoms. The Morgan fingerprint density at radius 3 is 2.11 bits per heavy atom. The van der Waals surface area contributed by atoms with Gasteiger partial charge in [-0.15, -0.1) is 0 Å². The number of anilines is 2. The monoisotopic (exact) mass is 365 g/mol. The molecule has 0 bridgehead atoms. The molecule has 0 saturated heterocycles. The van der Waals surface area contributed by atoms with E-state index in [0.717, 1.165) is 24.0 Å². The fourth-order valence-corrected chi connectivity index (χ4v) is 2.58. The van der Waals surface area contributed by atoms with Crippen LogP contribution in [0, 0.1) is 19.8 Å². The zero-order chi connectivity index (χ0) is 19.4. The molecule has 1 aliphatic carbocycles. The van der Waals surface area contributed by atoms with E-state index in [1.807, 2.05) is 19.9 Å². The van der Waals surface area contributed by atoms with E-state index in [2.05, 4.69) is 16.0 Å². The summed E-state index contributed by atoms with van der Waals surface area (Å²) < 4.78 is 0. The van der Waals surface area contributed by atoms with E-state index in [1.165, 1.54) is 0 Å². The molecule has 0 aromatic heterocycles. The van der Waals surface area contributed by atoms with Crippen LogP contribution in [0.5, 0.6) is 0 Å². The van der Waals surface area contributed by atoms with Gasteiger partial charge >= 0.3 is 0 Å². The second-order valence-corrected chi connectivity index (χ2v) is 6.87. The van der Waals surface area contributed by atoms with Crippen molar-refractivity contribution in [2.24, 2.45) is 5.92 Å². The SMILES string of the molecule is Cc1ccc(C(=O)NCC(=O)Nc2ccc(NC(=O)C3CC3)cc2)cc1C. The van der Waals surface area contributed by atoms with Gasteiger partial charge in [-0.1, -0.05) is 6.07 Å². The maximum absolute atomic E-state index is 12.1. The van der Waals surface area contributed by atoms with Crippen molar-refractivity contribution in [2.45, 2.75) is 26.7 Å². The van der Waals surface area contributed by atoms with Crippen LogP contribution in [0.3, 0.4) is 0 Å². The maximum atomic E-state index is 12.1. The van der Waals surface area contributed by atoms with Crippen molar-refractivity contribution < 1.29 is 14.4 Å². The lowest BCUT2D eigenvalue weighted by atomic mass is 10.1. The molecule has 1 aliphatic rings. The van der Waals surface area contributed by atoms with Crippen LogP contribution in [0.25, 0.3) is 0 Å². The van der Waals surface area contributed by atoms with Crippen LogP contribution >= 0.6 is 0 Å². The number of amides is 3. The lowest BCUT2D eigenvalue weighted by molar-refractivity contribution is -0.117. The summed E-state index contributed by atoms with van der Waals surface area (Å²) in [5, 5.41) is 8.18. The van der Waals surface area contributed by atoms with E-state index in [-0.39, 0.29) is 30.2 Å². The molecule has 3 amide bonds.